The van der Waals surface area contributed by atoms with Gasteiger partial charge in [-0.05, 0) is 17.8 Å². The molecule has 114 valence electrons. The number of rotatable bonds is 5. The summed E-state index contributed by atoms with van der Waals surface area (Å²) in [5, 5.41) is 0. The number of hydrogen-bond acceptors (Lipinski definition) is 5. The number of likely N-dealkylation sites (N-methyl/N-ethyl adjacent to an activating group) is 2. The number of urea groups is 1. The van der Waals surface area contributed by atoms with Gasteiger partial charge in [0.15, 0.2) is 0 Å². The molecule has 2 aliphatic rings. The molecule has 0 aromatic carbocycles. The van der Waals surface area contributed by atoms with Crippen LogP contribution in [0.15, 0.2) is 4.99 Å². The largest absolute Gasteiger partial charge is 0.466 e. The maximum Gasteiger partial charge on any atom is 0.333 e. The number of ether oxygens (including phenoxy) is 1. The van der Waals surface area contributed by atoms with Crippen molar-refractivity contribution in [1.82, 2.24) is 9.80 Å². The molecule has 1 atom stereocenters. The van der Waals surface area contributed by atoms with Gasteiger partial charge in [-0.1, -0.05) is 0 Å². The lowest BCUT2D eigenvalue weighted by atomic mass is 10.1. The predicted molar refractivity (Wildman–Crippen MR) is 74.2 cm³/mol. The highest BCUT2D eigenvalue weighted by atomic mass is 16.5. The van der Waals surface area contributed by atoms with Crippen LogP contribution in [0.2, 0.25) is 0 Å². The van der Waals surface area contributed by atoms with Crippen molar-refractivity contribution in [2.24, 2.45) is 4.99 Å². The minimum Gasteiger partial charge on any atom is -0.466 e. The van der Waals surface area contributed by atoms with E-state index < -0.39 is 6.04 Å². The van der Waals surface area contributed by atoms with E-state index in [9.17, 15) is 14.4 Å². The van der Waals surface area contributed by atoms with E-state index in [1.807, 2.05) is 0 Å². The van der Waals surface area contributed by atoms with Crippen LogP contribution in [-0.4, -0.2) is 77.7 Å². The molecule has 2 rings (SSSR count). The van der Waals surface area contributed by atoms with Gasteiger partial charge < -0.3 is 4.74 Å². The average Bonchev–Trinajstić information content (AvgIpc) is 2.81. The standard InChI is InChI=1S/C13H19N4O4/c1-9(18)21-7-5-4-6-17-12(19)10-11(14-8-15(10)2)16(3)13(17)20/h8,10H,4-7H2,1-3H3/q+1. The van der Waals surface area contributed by atoms with E-state index in [1.165, 1.54) is 16.7 Å². The molecule has 8 heteroatoms. The highest BCUT2D eigenvalue weighted by Gasteiger charge is 2.50. The number of imide groups is 1. The van der Waals surface area contributed by atoms with Crippen molar-refractivity contribution in [1.29, 1.82) is 0 Å². The van der Waals surface area contributed by atoms with E-state index in [0.29, 0.717) is 31.8 Å². The molecule has 0 N–H and O–H groups in total. The van der Waals surface area contributed by atoms with Crippen LogP contribution in [0.5, 0.6) is 0 Å². The summed E-state index contributed by atoms with van der Waals surface area (Å²) >= 11 is 0. The molecule has 0 aromatic heterocycles. The number of fused-ring (bicyclic) bond motifs is 1. The van der Waals surface area contributed by atoms with Crippen LogP contribution in [0.4, 0.5) is 4.79 Å². The molecular weight excluding hydrogens is 276 g/mol. The number of aliphatic imine (C=N–C) groups is 1. The van der Waals surface area contributed by atoms with Crippen molar-refractivity contribution in [2.45, 2.75) is 25.8 Å². The second kappa shape index (κ2) is 6.02. The van der Waals surface area contributed by atoms with E-state index in [-0.39, 0.29) is 17.9 Å². The number of amidine groups is 1. The van der Waals surface area contributed by atoms with Gasteiger partial charge >= 0.3 is 12.0 Å². The Balaban J connectivity index is 1.95. The first-order chi connectivity index (χ1) is 9.93. The molecule has 1 unspecified atom stereocenters. The minimum absolute atomic E-state index is 0.263. The SMILES string of the molecule is CC(=O)OCCCCN1C(=O)C2C(=NC=[N+]2C)N(C)C1=O. The molecule has 0 radical (unpaired) electrons. The third-order valence-corrected chi connectivity index (χ3v) is 3.47. The van der Waals surface area contributed by atoms with Crippen LogP contribution in [0.1, 0.15) is 19.8 Å². The van der Waals surface area contributed by atoms with Crippen LogP contribution in [-0.2, 0) is 14.3 Å². The molecule has 1 fully saturated rings. The molecule has 0 bridgehead atoms. The lowest BCUT2D eigenvalue weighted by molar-refractivity contribution is -0.500. The predicted octanol–water partition coefficient (Wildman–Crippen LogP) is -0.325. The molecule has 0 spiro atoms. The molecule has 2 heterocycles. The van der Waals surface area contributed by atoms with Gasteiger partial charge in [0.1, 0.15) is 0 Å². The molecule has 21 heavy (non-hydrogen) atoms. The molecular formula is C13H19N4O4+. The van der Waals surface area contributed by atoms with Gasteiger partial charge in [0.05, 0.1) is 13.7 Å². The number of esters is 1. The number of hydrogen-bond donors (Lipinski definition) is 0. The van der Waals surface area contributed by atoms with Crippen LogP contribution in [0, 0.1) is 0 Å². The quantitative estimate of drug-likeness (QED) is 0.395. The topological polar surface area (TPSA) is 82.3 Å². The van der Waals surface area contributed by atoms with E-state index in [2.05, 4.69) is 4.99 Å². The Labute approximate surface area is 122 Å². The zero-order valence-electron chi connectivity index (χ0n) is 12.4. The van der Waals surface area contributed by atoms with E-state index in [4.69, 9.17) is 4.74 Å². The van der Waals surface area contributed by atoms with E-state index in [0.717, 1.165) is 0 Å². The van der Waals surface area contributed by atoms with Gasteiger partial charge in [-0.3, -0.25) is 19.4 Å². The van der Waals surface area contributed by atoms with E-state index in [1.54, 1.807) is 25.0 Å². The average molecular weight is 295 g/mol. The number of amides is 3. The molecule has 0 saturated carbocycles. The Kier molecular flexibility index (Phi) is 4.35. The van der Waals surface area contributed by atoms with Crippen molar-refractivity contribution in [3.63, 3.8) is 0 Å². The summed E-state index contributed by atoms with van der Waals surface area (Å²) in [6.45, 7) is 1.95. The lowest BCUT2D eigenvalue weighted by Gasteiger charge is -2.32. The van der Waals surface area contributed by atoms with Crippen molar-refractivity contribution < 1.29 is 23.7 Å². The zero-order valence-corrected chi connectivity index (χ0v) is 12.4. The molecule has 0 aliphatic carbocycles. The Morgan fingerprint density at radius 2 is 2.14 bits per heavy atom. The Morgan fingerprint density at radius 3 is 2.81 bits per heavy atom. The van der Waals surface area contributed by atoms with Gasteiger partial charge in [-0.25, -0.2) is 9.37 Å². The fourth-order valence-electron chi connectivity index (χ4n) is 2.34. The van der Waals surface area contributed by atoms with Crippen molar-refractivity contribution in [2.75, 3.05) is 27.2 Å². The molecule has 1 saturated heterocycles. The number of carbonyl (C=O) groups excluding carboxylic acids is 3. The Bertz CT molecular complexity index is 540. The van der Waals surface area contributed by atoms with Crippen LogP contribution < -0.4 is 0 Å². The second-order valence-electron chi connectivity index (χ2n) is 5.05. The highest BCUT2D eigenvalue weighted by molar-refractivity contribution is 6.21. The Hall–Kier alpha value is -2.25. The van der Waals surface area contributed by atoms with Gasteiger partial charge in [0.2, 0.25) is 0 Å². The maximum absolute atomic E-state index is 12.4. The summed E-state index contributed by atoms with van der Waals surface area (Å²) in [6, 6.07) is -0.896. The first kappa shape index (κ1) is 15.1. The first-order valence-corrected chi connectivity index (χ1v) is 6.79. The summed E-state index contributed by atoms with van der Waals surface area (Å²) in [6.07, 6.45) is 2.74. The molecule has 0 aromatic rings. The van der Waals surface area contributed by atoms with Crippen LogP contribution >= 0.6 is 0 Å². The lowest BCUT2D eigenvalue weighted by Crippen LogP contribution is -2.62. The summed E-state index contributed by atoms with van der Waals surface area (Å²) in [5.74, 6) is -0.131. The normalized spacial score (nSPS) is 21.2. The third-order valence-electron chi connectivity index (χ3n) is 3.47. The monoisotopic (exact) mass is 295 g/mol. The second-order valence-corrected chi connectivity index (χ2v) is 5.05. The van der Waals surface area contributed by atoms with Gasteiger partial charge in [-0.2, -0.15) is 0 Å². The fraction of sp³-hybridized carbons (Fsp3) is 0.615. The van der Waals surface area contributed by atoms with Crippen molar-refractivity contribution in [3.8, 4) is 0 Å². The van der Waals surface area contributed by atoms with Crippen LogP contribution in [0.25, 0.3) is 0 Å². The summed E-state index contributed by atoms with van der Waals surface area (Å²) < 4.78 is 6.51. The number of nitrogens with zero attached hydrogens (tertiary/aromatic N) is 4. The summed E-state index contributed by atoms with van der Waals surface area (Å²) in [5.41, 5.74) is 0. The summed E-state index contributed by atoms with van der Waals surface area (Å²) in [4.78, 5) is 42.0. The third kappa shape index (κ3) is 2.93. The van der Waals surface area contributed by atoms with E-state index >= 15 is 0 Å². The Morgan fingerprint density at radius 1 is 1.43 bits per heavy atom. The van der Waals surface area contributed by atoms with Gasteiger partial charge in [0.25, 0.3) is 24.1 Å². The van der Waals surface area contributed by atoms with Crippen molar-refractivity contribution >= 4 is 30.1 Å². The zero-order chi connectivity index (χ0) is 15.6. The van der Waals surface area contributed by atoms with Gasteiger partial charge in [0, 0.05) is 20.5 Å². The maximum atomic E-state index is 12.4. The first-order valence-electron chi connectivity index (χ1n) is 6.79. The highest BCUT2D eigenvalue weighted by Crippen LogP contribution is 2.17. The van der Waals surface area contributed by atoms with Crippen molar-refractivity contribution in [3.05, 3.63) is 0 Å². The number of unbranched alkanes of at least 4 members (excludes halogenated alkanes) is 1. The smallest absolute Gasteiger partial charge is 0.333 e. The molecule has 3 amide bonds. The summed E-state index contributed by atoms with van der Waals surface area (Å²) in [7, 11) is 3.36. The number of carbonyl (C=O) groups is 3. The minimum atomic E-state index is -0.527. The fourth-order valence-corrected chi connectivity index (χ4v) is 2.34. The van der Waals surface area contributed by atoms with Gasteiger partial charge in [-0.15, -0.1) is 0 Å². The molecule has 2 aliphatic heterocycles. The van der Waals surface area contributed by atoms with Crippen LogP contribution in [0.3, 0.4) is 0 Å². The molecule has 8 nitrogen and oxygen atoms in total.